The van der Waals surface area contributed by atoms with E-state index in [-0.39, 0.29) is 0 Å². The Morgan fingerprint density at radius 2 is 1.65 bits per heavy atom. The molecule has 0 N–H and O–H groups in total. The minimum absolute atomic E-state index is 0.293. The van der Waals surface area contributed by atoms with Crippen molar-refractivity contribution in [3.63, 3.8) is 0 Å². The molecule has 136 valence electrons. The van der Waals surface area contributed by atoms with Gasteiger partial charge in [-0.05, 0) is 35.4 Å². The number of benzene rings is 2. The van der Waals surface area contributed by atoms with Crippen LogP contribution in [0, 0.1) is 0 Å². The van der Waals surface area contributed by atoms with Crippen LogP contribution in [0.3, 0.4) is 0 Å². The van der Waals surface area contributed by atoms with Crippen molar-refractivity contribution in [2.45, 2.75) is 6.61 Å². The Morgan fingerprint density at radius 3 is 2.27 bits per heavy atom. The van der Waals surface area contributed by atoms with Gasteiger partial charge in [-0.3, -0.25) is 0 Å². The van der Waals surface area contributed by atoms with Gasteiger partial charge < -0.3 is 18.9 Å². The summed E-state index contributed by atoms with van der Waals surface area (Å²) in [6.07, 6.45) is 3.06. The molecule has 5 nitrogen and oxygen atoms in total. The molecule has 0 aromatic heterocycles. The van der Waals surface area contributed by atoms with Gasteiger partial charge in [-0.1, -0.05) is 36.9 Å². The van der Waals surface area contributed by atoms with Gasteiger partial charge in [-0.25, -0.2) is 4.79 Å². The number of rotatable bonds is 9. The molecule has 0 amide bonds. The Labute approximate surface area is 153 Å². The summed E-state index contributed by atoms with van der Waals surface area (Å²) in [7, 11) is 2.82. The first-order chi connectivity index (χ1) is 12.7. The number of carbonyl (C=O) groups is 1. The van der Waals surface area contributed by atoms with Gasteiger partial charge in [0.15, 0.2) is 0 Å². The van der Waals surface area contributed by atoms with Crippen LogP contribution in [0.25, 0.3) is 5.57 Å². The first-order valence-corrected chi connectivity index (χ1v) is 8.05. The molecular weight excluding hydrogens is 332 g/mol. The van der Waals surface area contributed by atoms with E-state index in [1.165, 1.54) is 20.5 Å². The van der Waals surface area contributed by atoms with Crippen LogP contribution in [-0.2, 0) is 20.9 Å². The van der Waals surface area contributed by atoms with Crippen LogP contribution in [0.15, 0.2) is 67.4 Å². The van der Waals surface area contributed by atoms with E-state index in [0.717, 1.165) is 11.3 Å². The molecule has 0 heterocycles. The Bertz CT molecular complexity index is 762. The van der Waals surface area contributed by atoms with Crippen molar-refractivity contribution >= 4 is 11.5 Å². The first kappa shape index (κ1) is 19.1. The quantitative estimate of drug-likeness (QED) is 0.295. The average Bonchev–Trinajstić information content (AvgIpc) is 2.69. The first-order valence-electron chi connectivity index (χ1n) is 8.05. The molecule has 0 aliphatic heterocycles. The van der Waals surface area contributed by atoms with Crippen molar-refractivity contribution in [3.8, 4) is 11.5 Å². The van der Waals surface area contributed by atoms with Crippen molar-refractivity contribution in [2.24, 2.45) is 0 Å². The molecule has 26 heavy (non-hydrogen) atoms. The molecule has 0 atom stereocenters. The predicted molar refractivity (Wildman–Crippen MR) is 99.9 cm³/mol. The lowest BCUT2D eigenvalue weighted by Gasteiger charge is -2.13. The van der Waals surface area contributed by atoms with Crippen LogP contribution in [0.4, 0.5) is 0 Å². The van der Waals surface area contributed by atoms with E-state index >= 15 is 0 Å². The third-order valence-electron chi connectivity index (χ3n) is 3.53. The van der Waals surface area contributed by atoms with Gasteiger partial charge in [-0.15, -0.1) is 0 Å². The molecule has 0 aliphatic rings. The molecule has 0 bridgehead atoms. The van der Waals surface area contributed by atoms with Crippen LogP contribution < -0.4 is 9.47 Å². The summed E-state index contributed by atoms with van der Waals surface area (Å²) < 4.78 is 21.1. The number of esters is 1. The van der Waals surface area contributed by atoms with Crippen LogP contribution in [0.2, 0.25) is 0 Å². The monoisotopic (exact) mass is 354 g/mol. The van der Waals surface area contributed by atoms with E-state index in [4.69, 9.17) is 18.9 Å². The number of hydrogen-bond acceptors (Lipinski definition) is 5. The SMILES string of the molecule is C=CCOc1ccc(OCc2ccccc2C(=COC)C(=O)OC)cc1. The molecule has 2 aromatic rings. The highest BCUT2D eigenvalue weighted by molar-refractivity contribution is 6.16. The van der Waals surface area contributed by atoms with E-state index in [1.54, 1.807) is 6.08 Å². The topological polar surface area (TPSA) is 54.0 Å². The third kappa shape index (κ3) is 5.14. The minimum Gasteiger partial charge on any atom is -0.503 e. The Balaban J connectivity index is 2.14. The number of hydrogen-bond donors (Lipinski definition) is 0. The molecule has 0 unspecified atom stereocenters. The summed E-state index contributed by atoms with van der Waals surface area (Å²) in [5.74, 6) is 0.970. The zero-order valence-electron chi connectivity index (χ0n) is 14.9. The Morgan fingerprint density at radius 1 is 1.00 bits per heavy atom. The van der Waals surface area contributed by atoms with Gasteiger partial charge >= 0.3 is 5.97 Å². The van der Waals surface area contributed by atoms with Gasteiger partial charge in [-0.2, -0.15) is 0 Å². The maximum absolute atomic E-state index is 12.0. The van der Waals surface area contributed by atoms with Crippen molar-refractivity contribution in [3.05, 3.63) is 78.6 Å². The smallest absolute Gasteiger partial charge is 0.341 e. The summed E-state index contributed by atoms with van der Waals surface area (Å²) in [5.41, 5.74) is 1.88. The summed E-state index contributed by atoms with van der Waals surface area (Å²) >= 11 is 0. The molecule has 2 aromatic carbocycles. The van der Waals surface area contributed by atoms with E-state index < -0.39 is 5.97 Å². The standard InChI is InChI=1S/C21H22O5/c1-4-13-25-17-9-11-18(12-10-17)26-14-16-7-5-6-8-19(16)20(15-23-2)21(22)24-3/h4-12,15H,1,13-14H2,2-3H3. The highest BCUT2D eigenvalue weighted by Crippen LogP contribution is 2.23. The largest absolute Gasteiger partial charge is 0.503 e. The lowest BCUT2D eigenvalue weighted by atomic mass is 10.0. The summed E-state index contributed by atoms with van der Waals surface area (Å²) in [6, 6.07) is 14.8. The fourth-order valence-corrected chi connectivity index (χ4v) is 2.31. The fourth-order valence-electron chi connectivity index (χ4n) is 2.31. The lowest BCUT2D eigenvalue weighted by molar-refractivity contribution is -0.133. The van der Waals surface area contributed by atoms with E-state index in [1.807, 2.05) is 48.5 Å². The highest BCUT2D eigenvalue weighted by atomic mass is 16.5. The van der Waals surface area contributed by atoms with E-state index in [0.29, 0.717) is 30.1 Å². The molecule has 0 saturated heterocycles. The number of carbonyl (C=O) groups excluding carboxylic acids is 1. The van der Waals surface area contributed by atoms with Gasteiger partial charge in [0, 0.05) is 0 Å². The van der Waals surface area contributed by atoms with Crippen molar-refractivity contribution in [1.82, 2.24) is 0 Å². The number of methoxy groups -OCH3 is 2. The Hall–Kier alpha value is -3.21. The molecular formula is C21H22O5. The third-order valence-corrected chi connectivity index (χ3v) is 3.53. The second kappa shape index (κ2) is 9.93. The summed E-state index contributed by atoms with van der Waals surface area (Å²) in [6.45, 7) is 4.36. The molecule has 0 radical (unpaired) electrons. The fraction of sp³-hybridized carbons (Fsp3) is 0.190. The predicted octanol–water partition coefficient (Wildman–Crippen LogP) is 3.99. The molecule has 0 spiro atoms. The average molecular weight is 354 g/mol. The van der Waals surface area contributed by atoms with Gasteiger partial charge in [0.2, 0.25) is 0 Å². The normalized spacial score (nSPS) is 10.8. The molecule has 5 heteroatoms. The molecule has 2 rings (SSSR count). The summed E-state index contributed by atoms with van der Waals surface area (Å²) in [5, 5.41) is 0. The lowest BCUT2D eigenvalue weighted by Crippen LogP contribution is -2.08. The van der Waals surface area contributed by atoms with Crippen LogP contribution >= 0.6 is 0 Å². The van der Waals surface area contributed by atoms with Crippen molar-refractivity contribution in [2.75, 3.05) is 20.8 Å². The van der Waals surface area contributed by atoms with E-state index in [2.05, 4.69) is 6.58 Å². The zero-order valence-corrected chi connectivity index (χ0v) is 14.9. The molecule has 0 saturated carbocycles. The second-order valence-electron chi connectivity index (χ2n) is 5.28. The molecule has 0 fully saturated rings. The second-order valence-corrected chi connectivity index (χ2v) is 5.28. The van der Waals surface area contributed by atoms with Crippen molar-refractivity contribution < 1.29 is 23.7 Å². The number of ether oxygens (including phenoxy) is 4. The van der Waals surface area contributed by atoms with Gasteiger partial charge in [0.25, 0.3) is 0 Å². The van der Waals surface area contributed by atoms with Crippen LogP contribution in [-0.4, -0.2) is 26.8 Å². The Kier molecular flexibility index (Phi) is 7.31. The van der Waals surface area contributed by atoms with Crippen LogP contribution in [0.5, 0.6) is 11.5 Å². The van der Waals surface area contributed by atoms with Crippen molar-refractivity contribution in [1.29, 1.82) is 0 Å². The maximum Gasteiger partial charge on any atom is 0.341 e. The summed E-state index contributed by atoms with van der Waals surface area (Å²) in [4.78, 5) is 12.0. The molecule has 0 aliphatic carbocycles. The van der Waals surface area contributed by atoms with E-state index in [9.17, 15) is 4.79 Å². The maximum atomic E-state index is 12.0. The van der Waals surface area contributed by atoms with Gasteiger partial charge in [0.05, 0.1) is 20.5 Å². The zero-order chi connectivity index (χ0) is 18.8. The minimum atomic E-state index is -0.469. The highest BCUT2D eigenvalue weighted by Gasteiger charge is 2.16. The van der Waals surface area contributed by atoms with Crippen LogP contribution in [0.1, 0.15) is 11.1 Å². The van der Waals surface area contributed by atoms with Gasteiger partial charge in [0.1, 0.15) is 30.3 Å².